The van der Waals surface area contributed by atoms with Crippen LogP contribution in [0.5, 0.6) is 0 Å². The predicted octanol–water partition coefficient (Wildman–Crippen LogP) is 3.55. The molecule has 0 saturated heterocycles. The van der Waals surface area contributed by atoms with E-state index < -0.39 is 0 Å². The molecule has 21 heavy (non-hydrogen) atoms. The number of nitrogens with zero attached hydrogens (tertiary/aromatic N) is 1. The van der Waals surface area contributed by atoms with Crippen LogP contribution in [0.3, 0.4) is 0 Å². The summed E-state index contributed by atoms with van der Waals surface area (Å²) in [5.41, 5.74) is 7.89. The first kappa shape index (κ1) is 16.1. The van der Waals surface area contributed by atoms with Gasteiger partial charge in [0.1, 0.15) is 0 Å². The van der Waals surface area contributed by atoms with E-state index in [-0.39, 0.29) is 11.9 Å². The molecule has 1 heterocycles. The first-order chi connectivity index (χ1) is 9.88. The summed E-state index contributed by atoms with van der Waals surface area (Å²) in [4.78, 5) is 14.5. The zero-order chi connectivity index (χ0) is 15.6. The number of hydrogen-bond acceptors (Lipinski definition) is 3. The molecule has 0 aliphatic carbocycles. The number of carbonyl (C=O) groups excluding carboxylic acids is 1. The molecule has 1 aromatic carbocycles. The van der Waals surface area contributed by atoms with Crippen molar-refractivity contribution < 1.29 is 4.79 Å². The van der Waals surface area contributed by atoms with Crippen molar-refractivity contribution in [3.8, 4) is 0 Å². The van der Waals surface area contributed by atoms with Gasteiger partial charge in [0, 0.05) is 18.8 Å². The highest BCUT2D eigenvalue weighted by molar-refractivity contribution is 6.40. The second kappa shape index (κ2) is 6.69. The number of hydrogen-bond donors (Lipinski definition) is 2. The third-order valence-electron chi connectivity index (χ3n) is 3.71. The lowest BCUT2D eigenvalue weighted by molar-refractivity contribution is -0.120. The molecule has 0 fully saturated rings. The highest BCUT2D eigenvalue weighted by atomic mass is 35.5. The molecule has 114 valence electrons. The third-order valence-corrected chi connectivity index (χ3v) is 4.30. The first-order valence-electron chi connectivity index (χ1n) is 6.83. The molecule has 1 aliphatic rings. The van der Waals surface area contributed by atoms with E-state index in [0.717, 1.165) is 19.5 Å². The van der Waals surface area contributed by atoms with E-state index in [0.29, 0.717) is 21.4 Å². The van der Waals surface area contributed by atoms with Gasteiger partial charge in [-0.05, 0) is 32.4 Å². The van der Waals surface area contributed by atoms with Crippen LogP contribution in [0.4, 0.5) is 11.4 Å². The largest absolute Gasteiger partial charge is 0.399 e. The lowest BCUT2D eigenvalue weighted by Gasteiger charge is -2.30. The Balaban J connectivity index is 2.08. The lowest BCUT2D eigenvalue weighted by Crippen LogP contribution is -2.44. The highest BCUT2D eigenvalue weighted by Gasteiger charge is 2.23. The Morgan fingerprint density at radius 3 is 2.52 bits per heavy atom. The summed E-state index contributed by atoms with van der Waals surface area (Å²) in [7, 11) is 0. The Bertz CT molecular complexity index is 563. The molecule has 3 N–H and O–H groups in total. The van der Waals surface area contributed by atoms with Crippen LogP contribution in [0.25, 0.3) is 0 Å². The zero-order valence-corrected chi connectivity index (χ0v) is 13.6. The fraction of sp³-hybridized carbons (Fsp3) is 0.400. The second-order valence-electron chi connectivity index (χ2n) is 5.32. The van der Waals surface area contributed by atoms with Gasteiger partial charge >= 0.3 is 0 Å². The summed E-state index contributed by atoms with van der Waals surface area (Å²) < 4.78 is 0. The van der Waals surface area contributed by atoms with E-state index in [1.807, 2.05) is 6.92 Å². The fourth-order valence-corrected chi connectivity index (χ4v) is 2.84. The topological polar surface area (TPSA) is 58.4 Å². The minimum atomic E-state index is -0.251. The summed E-state index contributed by atoms with van der Waals surface area (Å²) in [6, 6.07) is 2.89. The van der Waals surface area contributed by atoms with Gasteiger partial charge in [-0.2, -0.15) is 0 Å². The van der Waals surface area contributed by atoms with Crippen molar-refractivity contribution in [2.45, 2.75) is 26.3 Å². The summed E-state index contributed by atoms with van der Waals surface area (Å²) in [5.74, 6) is -0.128. The van der Waals surface area contributed by atoms with Crippen LogP contribution >= 0.6 is 23.2 Å². The maximum absolute atomic E-state index is 12.4. The van der Waals surface area contributed by atoms with Crippen molar-refractivity contribution in [1.82, 2.24) is 4.90 Å². The molecule has 0 radical (unpaired) electrons. The maximum atomic E-state index is 12.4. The first-order valence-corrected chi connectivity index (χ1v) is 7.59. The van der Waals surface area contributed by atoms with E-state index >= 15 is 0 Å². The van der Waals surface area contributed by atoms with E-state index in [9.17, 15) is 4.79 Å². The minimum absolute atomic E-state index is 0.128. The average molecular weight is 328 g/mol. The number of amides is 1. The Morgan fingerprint density at radius 2 is 2.00 bits per heavy atom. The van der Waals surface area contributed by atoms with Gasteiger partial charge in [0.25, 0.3) is 0 Å². The highest BCUT2D eigenvalue weighted by Crippen LogP contribution is 2.33. The van der Waals surface area contributed by atoms with Gasteiger partial charge in [-0.1, -0.05) is 34.9 Å². The molecule has 0 bridgehead atoms. The Morgan fingerprint density at radius 1 is 1.38 bits per heavy atom. The number of anilines is 2. The molecular weight excluding hydrogens is 309 g/mol. The van der Waals surface area contributed by atoms with Crippen molar-refractivity contribution in [3.05, 3.63) is 33.8 Å². The molecule has 1 aliphatic heterocycles. The van der Waals surface area contributed by atoms with Crippen molar-refractivity contribution in [3.63, 3.8) is 0 Å². The van der Waals surface area contributed by atoms with Crippen molar-refractivity contribution in [2.75, 3.05) is 24.1 Å². The normalized spacial score (nSPS) is 17.2. The SMILES string of the molecule is CC1=CCN(C(C)C(=O)Nc2c(Cl)cc(N)cc2Cl)CC1. The quantitative estimate of drug-likeness (QED) is 0.659. The summed E-state index contributed by atoms with van der Waals surface area (Å²) in [6.45, 7) is 5.64. The van der Waals surface area contributed by atoms with E-state index in [1.165, 1.54) is 5.57 Å². The van der Waals surface area contributed by atoms with Crippen LogP contribution in [0.2, 0.25) is 10.0 Å². The Labute approximate surface area is 134 Å². The molecule has 2 rings (SSSR count). The number of benzene rings is 1. The fourth-order valence-electron chi connectivity index (χ4n) is 2.24. The van der Waals surface area contributed by atoms with Gasteiger partial charge < -0.3 is 11.1 Å². The lowest BCUT2D eigenvalue weighted by atomic mass is 10.1. The molecule has 1 amide bonds. The number of carbonyl (C=O) groups is 1. The van der Waals surface area contributed by atoms with Crippen LogP contribution in [0.15, 0.2) is 23.8 Å². The number of nitrogens with two attached hydrogens (primary N) is 1. The van der Waals surface area contributed by atoms with Crippen LogP contribution < -0.4 is 11.1 Å². The van der Waals surface area contributed by atoms with Gasteiger partial charge in [-0.15, -0.1) is 0 Å². The number of halogens is 2. The van der Waals surface area contributed by atoms with Gasteiger partial charge in [0.2, 0.25) is 5.91 Å². The van der Waals surface area contributed by atoms with Gasteiger partial charge in [0.15, 0.2) is 0 Å². The average Bonchev–Trinajstić information content (AvgIpc) is 2.42. The predicted molar refractivity (Wildman–Crippen MR) is 88.9 cm³/mol. The summed E-state index contributed by atoms with van der Waals surface area (Å²) in [6.07, 6.45) is 3.14. The van der Waals surface area contributed by atoms with Crippen LogP contribution in [0, 0.1) is 0 Å². The standard InChI is InChI=1S/C15H19Cl2N3O/c1-9-3-5-20(6-4-9)10(2)15(21)19-14-12(16)7-11(18)8-13(14)17/h3,7-8,10H,4-6,18H2,1-2H3,(H,19,21). The monoisotopic (exact) mass is 327 g/mol. The van der Waals surface area contributed by atoms with E-state index in [4.69, 9.17) is 28.9 Å². The number of nitrogen functional groups attached to an aromatic ring is 1. The minimum Gasteiger partial charge on any atom is -0.399 e. The molecule has 0 saturated carbocycles. The number of nitrogens with one attached hydrogen (secondary N) is 1. The van der Waals surface area contributed by atoms with Gasteiger partial charge in [-0.3, -0.25) is 9.69 Å². The van der Waals surface area contributed by atoms with E-state index in [2.05, 4.69) is 23.2 Å². The van der Waals surface area contributed by atoms with Gasteiger partial charge in [0.05, 0.1) is 21.8 Å². The maximum Gasteiger partial charge on any atom is 0.241 e. The summed E-state index contributed by atoms with van der Waals surface area (Å²) in [5, 5.41) is 3.48. The smallest absolute Gasteiger partial charge is 0.241 e. The molecule has 4 nitrogen and oxygen atoms in total. The Kier molecular flexibility index (Phi) is 5.14. The van der Waals surface area contributed by atoms with Crippen molar-refractivity contribution >= 4 is 40.5 Å². The van der Waals surface area contributed by atoms with Crippen LogP contribution in [0.1, 0.15) is 20.3 Å². The molecule has 6 heteroatoms. The summed E-state index contributed by atoms with van der Waals surface area (Å²) >= 11 is 12.2. The molecular formula is C15H19Cl2N3O. The van der Waals surface area contributed by atoms with Crippen molar-refractivity contribution in [1.29, 1.82) is 0 Å². The third kappa shape index (κ3) is 3.90. The van der Waals surface area contributed by atoms with Crippen LogP contribution in [-0.2, 0) is 4.79 Å². The molecule has 1 aromatic rings. The van der Waals surface area contributed by atoms with E-state index in [1.54, 1.807) is 12.1 Å². The molecule has 1 atom stereocenters. The van der Waals surface area contributed by atoms with Crippen LogP contribution in [-0.4, -0.2) is 29.9 Å². The molecule has 1 unspecified atom stereocenters. The number of rotatable bonds is 3. The zero-order valence-electron chi connectivity index (χ0n) is 12.1. The van der Waals surface area contributed by atoms with Crippen molar-refractivity contribution in [2.24, 2.45) is 0 Å². The Hall–Kier alpha value is -1.23. The second-order valence-corrected chi connectivity index (χ2v) is 6.13. The molecule has 0 spiro atoms. The van der Waals surface area contributed by atoms with Gasteiger partial charge in [-0.25, -0.2) is 0 Å². The molecule has 0 aromatic heterocycles.